The van der Waals surface area contributed by atoms with Crippen LogP contribution in [0.4, 0.5) is 11.4 Å². The number of nitrogens with zero attached hydrogens (tertiary/aromatic N) is 2. The van der Waals surface area contributed by atoms with Gasteiger partial charge in [-0.15, -0.1) is 0 Å². The first kappa shape index (κ1) is 20.1. The molecule has 120 valence electrons. The van der Waals surface area contributed by atoms with E-state index in [1.54, 1.807) is 0 Å². The number of hydrogen-bond acceptors (Lipinski definition) is 8. The third kappa shape index (κ3) is 5.59. The molecule has 0 aromatic heterocycles. The minimum atomic E-state index is -4.80. The smallest absolute Gasteiger partial charge is 0.736 e. The molecule has 0 radical (unpaired) electrons. The van der Waals surface area contributed by atoms with E-state index >= 15 is 0 Å². The standard InChI is InChI=1S/C12H9N2O8P.Na/c15-13(16)9-1-5-11(6-2-9)21-23(19,20)22-12-7-3-10(4-8-12)14(17)18;/h1-8H,(H,19,20);/q;+1/p-1. The average molecular weight is 362 g/mol. The molecule has 2 aromatic carbocycles. The molecule has 10 nitrogen and oxygen atoms in total. The van der Waals surface area contributed by atoms with Crippen molar-refractivity contribution in [3.63, 3.8) is 0 Å². The van der Waals surface area contributed by atoms with E-state index < -0.39 is 17.7 Å². The molecule has 0 aliphatic heterocycles. The molecule has 12 heteroatoms. The van der Waals surface area contributed by atoms with Crippen molar-refractivity contribution in [2.45, 2.75) is 0 Å². The summed E-state index contributed by atoms with van der Waals surface area (Å²) in [4.78, 5) is 31.4. The van der Waals surface area contributed by atoms with Crippen molar-refractivity contribution in [3.05, 3.63) is 68.8 Å². The number of nitro benzene ring substituents is 2. The summed E-state index contributed by atoms with van der Waals surface area (Å²) in [5.74, 6) is -0.341. The van der Waals surface area contributed by atoms with Gasteiger partial charge in [0.1, 0.15) is 11.5 Å². The van der Waals surface area contributed by atoms with Crippen LogP contribution in [0.25, 0.3) is 0 Å². The van der Waals surface area contributed by atoms with Crippen molar-refractivity contribution in [1.29, 1.82) is 0 Å². The third-order valence-corrected chi connectivity index (χ3v) is 3.40. The number of phosphoric ester groups is 1. The second-order valence-corrected chi connectivity index (χ2v) is 5.39. The van der Waals surface area contributed by atoms with Gasteiger partial charge in [0.05, 0.1) is 9.85 Å². The van der Waals surface area contributed by atoms with Crippen molar-refractivity contribution in [1.82, 2.24) is 0 Å². The van der Waals surface area contributed by atoms with Gasteiger partial charge in [-0.2, -0.15) is 0 Å². The molecule has 0 fully saturated rings. The summed E-state index contributed by atoms with van der Waals surface area (Å²) in [5.41, 5.74) is -0.455. The summed E-state index contributed by atoms with van der Waals surface area (Å²) < 4.78 is 21.0. The van der Waals surface area contributed by atoms with Crippen molar-refractivity contribution >= 4 is 19.2 Å². The fourth-order valence-corrected chi connectivity index (χ4v) is 2.33. The van der Waals surface area contributed by atoms with E-state index in [1.807, 2.05) is 0 Å². The maximum Gasteiger partial charge on any atom is 1.00 e. The van der Waals surface area contributed by atoms with E-state index in [9.17, 15) is 29.7 Å². The van der Waals surface area contributed by atoms with E-state index in [0.717, 1.165) is 48.5 Å². The van der Waals surface area contributed by atoms with Gasteiger partial charge < -0.3 is 13.9 Å². The molecule has 0 bridgehead atoms. The Morgan fingerprint density at radius 2 is 1.04 bits per heavy atom. The van der Waals surface area contributed by atoms with Gasteiger partial charge in [-0.3, -0.25) is 20.2 Å². The molecule has 0 aliphatic carbocycles. The zero-order chi connectivity index (χ0) is 17.0. The van der Waals surface area contributed by atoms with E-state index in [1.165, 1.54) is 0 Å². The van der Waals surface area contributed by atoms with Gasteiger partial charge in [0.2, 0.25) is 0 Å². The van der Waals surface area contributed by atoms with Crippen LogP contribution in [-0.4, -0.2) is 9.85 Å². The molecule has 0 atom stereocenters. The minimum absolute atomic E-state index is 0. The summed E-state index contributed by atoms with van der Waals surface area (Å²) in [5, 5.41) is 21.0. The van der Waals surface area contributed by atoms with Crippen LogP contribution in [0.5, 0.6) is 11.5 Å². The molecule has 0 unspecified atom stereocenters. The van der Waals surface area contributed by atoms with Crippen molar-refractivity contribution in [2.75, 3.05) is 0 Å². The number of rotatable bonds is 6. The van der Waals surface area contributed by atoms with Crippen LogP contribution in [0, 0.1) is 20.2 Å². The monoisotopic (exact) mass is 362 g/mol. The van der Waals surface area contributed by atoms with Crippen molar-refractivity contribution in [2.24, 2.45) is 0 Å². The van der Waals surface area contributed by atoms with Crippen LogP contribution in [0.2, 0.25) is 0 Å². The van der Waals surface area contributed by atoms with E-state index in [4.69, 9.17) is 0 Å². The molecular weight excluding hydrogens is 354 g/mol. The molecule has 0 N–H and O–H groups in total. The summed E-state index contributed by atoms with van der Waals surface area (Å²) in [6, 6.07) is 8.68. The quantitative estimate of drug-likeness (QED) is 0.287. The van der Waals surface area contributed by atoms with Crippen LogP contribution in [0.15, 0.2) is 48.5 Å². The second kappa shape index (κ2) is 8.22. The topological polar surface area (TPSA) is 145 Å². The van der Waals surface area contributed by atoms with Gasteiger partial charge in [-0.1, -0.05) is 0 Å². The predicted molar refractivity (Wildman–Crippen MR) is 75.1 cm³/mol. The van der Waals surface area contributed by atoms with E-state index in [2.05, 4.69) is 9.05 Å². The number of benzene rings is 2. The third-order valence-electron chi connectivity index (χ3n) is 2.53. The maximum atomic E-state index is 11.7. The maximum absolute atomic E-state index is 11.7. The van der Waals surface area contributed by atoms with E-state index in [0.29, 0.717) is 0 Å². The van der Waals surface area contributed by atoms with Gasteiger partial charge in [0.15, 0.2) is 0 Å². The minimum Gasteiger partial charge on any atom is -0.736 e. The molecule has 2 aromatic rings. The Labute approximate surface area is 157 Å². The first-order valence-corrected chi connectivity index (χ1v) is 7.42. The number of nitro groups is 2. The van der Waals surface area contributed by atoms with Crippen molar-refractivity contribution in [3.8, 4) is 11.5 Å². The first-order valence-electron chi connectivity index (χ1n) is 5.96. The molecule has 0 saturated heterocycles. The Morgan fingerprint density at radius 1 is 0.750 bits per heavy atom. The average Bonchev–Trinajstić information content (AvgIpc) is 2.47. The normalized spacial score (nSPS) is 10.4. The van der Waals surface area contributed by atoms with Crippen LogP contribution >= 0.6 is 7.82 Å². The summed E-state index contributed by atoms with van der Waals surface area (Å²) in [6.07, 6.45) is 0. The summed E-state index contributed by atoms with van der Waals surface area (Å²) >= 11 is 0. The Kier molecular flexibility index (Phi) is 6.88. The SMILES string of the molecule is O=[N+]([O-])c1ccc(OP(=O)([O-])Oc2ccc([N+](=O)[O-])cc2)cc1.[Na+]. The zero-order valence-electron chi connectivity index (χ0n) is 12.2. The number of non-ortho nitro benzene ring substituents is 2. The summed E-state index contributed by atoms with van der Waals surface area (Å²) in [7, 11) is -4.80. The predicted octanol–water partition coefficient (Wildman–Crippen LogP) is -0.567. The second-order valence-electron chi connectivity index (χ2n) is 4.13. The Bertz CT molecular complexity index is 717. The van der Waals surface area contributed by atoms with Crippen molar-refractivity contribution < 1.29 is 57.9 Å². The summed E-state index contributed by atoms with van der Waals surface area (Å²) in [6.45, 7) is 0. The largest absolute Gasteiger partial charge is 1.00 e. The molecule has 0 saturated carbocycles. The van der Waals surface area contributed by atoms with Crippen LogP contribution < -0.4 is 43.5 Å². The molecule has 0 spiro atoms. The molecular formula is C12H8N2NaO8P. The van der Waals surface area contributed by atoms with Crippen LogP contribution in [-0.2, 0) is 4.57 Å². The Morgan fingerprint density at radius 3 is 1.29 bits per heavy atom. The van der Waals surface area contributed by atoms with Gasteiger partial charge in [-0.25, -0.2) is 4.57 Å². The Balaban J connectivity index is 0.00000288. The fraction of sp³-hybridized carbons (Fsp3) is 0. The fourth-order valence-electron chi connectivity index (χ4n) is 1.53. The first-order chi connectivity index (χ1) is 10.8. The van der Waals surface area contributed by atoms with E-state index in [-0.39, 0.29) is 52.4 Å². The molecule has 24 heavy (non-hydrogen) atoms. The zero-order valence-corrected chi connectivity index (χ0v) is 15.1. The molecule has 0 aliphatic rings. The molecule has 2 rings (SSSR count). The van der Waals surface area contributed by atoms with Crippen LogP contribution in [0.3, 0.4) is 0 Å². The number of phosphoric acid groups is 1. The van der Waals surface area contributed by atoms with Gasteiger partial charge in [0.25, 0.3) is 11.4 Å². The molecule has 0 amide bonds. The number of hydrogen-bond donors (Lipinski definition) is 0. The van der Waals surface area contributed by atoms with Crippen LogP contribution in [0.1, 0.15) is 0 Å². The van der Waals surface area contributed by atoms with Gasteiger partial charge in [0, 0.05) is 24.3 Å². The Hall–Kier alpha value is -1.97. The molecule has 0 heterocycles. The van der Waals surface area contributed by atoms with Gasteiger partial charge in [-0.05, 0) is 24.3 Å². The van der Waals surface area contributed by atoms with Gasteiger partial charge >= 0.3 is 37.4 Å².